The summed E-state index contributed by atoms with van der Waals surface area (Å²) in [6, 6.07) is 4.75. The molecule has 1 N–H and O–H groups in total. The van der Waals surface area contributed by atoms with Gasteiger partial charge in [0, 0.05) is 0 Å². The molecule has 0 saturated heterocycles. The van der Waals surface area contributed by atoms with E-state index >= 15 is 0 Å². The fourth-order valence-electron chi connectivity index (χ4n) is 1.87. The lowest BCUT2D eigenvalue weighted by molar-refractivity contribution is -0.274. The first-order valence-corrected chi connectivity index (χ1v) is 6.48. The van der Waals surface area contributed by atoms with Gasteiger partial charge in [-0.1, -0.05) is 19.1 Å². The molecular weight excluding hydrogens is 289 g/mol. The standard InChI is InChI=1S/C14H17F3O4/c1-3-11(13(19)20-4-2)12(18)9-5-7-10(8-6-9)21-14(15,16)17/h5-8,11-12,18H,3-4H2,1-2H3. The summed E-state index contributed by atoms with van der Waals surface area (Å²) >= 11 is 0. The van der Waals surface area contributed by atoms with Crippen molar-refractivity contribution in [1.29, 1.82) is 0 Å². The molecule has 21 heavy (non-hydrogen) atoms. The van der Waals surface area contributed by atoms with Gasteiger partial charge >= 0.3 is 12.3 Å². The van der Waals surface area contributed by atoms with E-state index in [1.807, 2.05) is 0 Å². The monoisotopic (exact) mass is 306 g/mol. The predicted molar refractivity (Wildman–Crippen MR) is 68.5 cm³/mol. The van der Waals surface area contributed by atoms with Crippen molar-refractivity contribution >= 4 is 5.97 Å². The number of alkyl halides is 3. The topological polar surface area (TPSA) is 55.8 Å². The molecule has 0 radical (unpaired) electrons. The highest BCUT2D eigenvalue weighted by Crippen LogP contribution is 2.29. The summed E-state index contributed by atoms with van der Waals surface area (Å²) in [6.45, 7) is 3.56. The minimum Gasteiger partial charge on any atom is -0.466 e. The lowest BCUT2D eigenvalue weighted by Crippen LogP contribution is -2.24. The molecule has 2 unspecified atom stereocenters. The molecule has 2 atom stereocenters. The Morgan fingerprint density at radius 1 is 1.24 bits per heavy atom. The summed E-state index contributed by atoms with van der Waals surface area (Å²) in [5, 5.41) is 10.1. The number of hydrogen-bond acceptors (Lipinski definition) is 4. The third-order valence-corrected chi connectivity index (χ3v) is 2.87. The average Bonchev–Trinajstić information content (AvgIpc) is 2.38. The Kier molecular flexibility index (Phi) is 6.02. The maximum atomic E-state index is 12.0. The van der Waals surface area contributed by atoms with Crippen LogP contribution in [0.15, 0.2) is 24.3 Å². The first kappa shape index (κ1) is 17.3. The second-order valence-corrected chi connectivity index (χ2v) is 4.33. The molecule has 0 saturated carbocycles. The van der Waals surface area contributed by atoms with E-state index in [4.69, 9.17) is 4.74 Å². The average molecular weight is 306 g/mol. The summed E-state index contributed by atoms with van der Waals surface area (Å²) in [5.41, 5.74) is 0.324. The summed E-state index contributed by atoms with van der Waals surface area (Å²) in [4.78, 5) is 11.7. The van der Waals surface area contributed by atoms with Crippen molar-refractivity contribution in [3.8, 4) is 5.75 Å². The zero-order chi connectivity index (χ0) is 16.0. The van der Waals surface area contributed by atoms with Crippen LogP contribution in [-0.4, -0.2) is 24.0 Å². The van der Waals surface area contributed by atoms with Crippen molar-refractivity contribution < 1.29 is 32.5 Å². The van der Waals surface area contributed by atoms with Gasteiger partial charge in [0.05, 0.1) is 18.6 Å². The van der Waals surface area contributed by atoms with Crippen LogP contribution in [0.2, 0.25) is 0 Å². The quantitative estimate of drug-likeness (QED) is 0.820. The van der Waals surface area contributed by atoms with Crippen LogP contribution >= 0.6 is 0 Å². The highest BCUT2D eigenvalue weighted by Gasteiger charge is 2.31. The minimum absolute atomic E-state index is 0.195. The number of benzene rings is 1. The molecule has 0 amide bonds. The molecule has 0 aliphatic carbocycles. The third kappa shape index (κ3) is 5.26. The van der Waals surface area contributed by atoms with E-state index in [1.54, 1.807) is 13.8 Å². The molecule has 118 valence electrons. The Balaban J connectivity index is 2.82. The normalized spacial score (nSPS) is 14.4. The predicted octanol–water partition coefficient (Wildman–Crippen LogP) is 3.21. The summed E-state index contributed by atoms with van der Waals surface area (Å²) in [7, 11) is 0. The van der Waals surface area contributed by atoms with Crippen LogP contribution in [0.3, 0.4) is 0 Å². The molecule has 7 heteroatoms. The number of aliphatic hydroxyl groups is 1. The Labute approximate surface area is 120 Å². The third-order valence-electron chi connectivity index (χ3n) is 2.87. The van der Waals surface area contributed by atoms with Crippen LogP contribution in [0.4, 0.5) is 13.2 Å². The van der Waals surface area contributed by atoms with Crippen molar-refractivity contribution in [2.75, 3.05) is 6.61 Å². The first-order chi connectivity index (χ1) is 9.78. The fourth-order valence-corrected chi connectivity index (χ4v) is 1.87. The van der Waals surface area contributed by atoms with Gasteiger partial charge in [-0.05, 0) is 31.0 Å². The van der Waals surface area contributed by atoms with Gasteiger partial charge in [-0.15, -0.1) is 13.2 Å². The number of aliphatic hydroxyl groups excluding tert-OH is 1. The highest BCUT2D eigenvalue weighted by molar-refractivity contribution is 5.73. The molecule has 1 rings (SSSR count). The van der Waals surface area contributed by atoms with E-state index in [9.17, 15) is 23.1 Å². The molecule has 0 aromatic heterocycles. The van der Waals surface area contributed by atoms with Crippen molar-refractivity contribution in [1.82, 2.24) is 0 Å². The van der Waals surface area contributed by atoms with E-state index in [1.165, 1.54) is 12.1 Å². The van der Waals surface area contributed by atoms with Crippen LogP contribution in [0.1, 0.15) is 31.9 Å². The molecule has 0 spiro atoms. The van der Waals surface area contributed by atoms with E-state index < -0.39 is 24.4 Å². The lowest BCUT2D eigenvalue weighted by Gasteiger charge is -2.20. The van der Waals surface area contributed by atoms with E-state index in [0.29, 0.717) is 12.0 Å². The Bertz CT molecular complexity index is 456. The number of halogens is 3. The SMILES string of the molecule is CCOC(=O)C(CC)C(O)c1ccc(OC(F)(F)F)cc1. The zero-order valence-corrected chi connectivity index (χ0v) is 11.7. The van der Waals surface area contributed by atoms with Gasteiger partial charge in [0.2, 0.25) is 0 Å². The van der Waals surface area contributed by atoms with Crippen LogP contribution in [0.5, 0.6) is 5.75 Å². The number of carbonyl (C=O) groups excluding carboxylic acids is 1. The number of carbonyl (C=O) groups is 1. The number of rotatable bonds is 6. The zero-order valence-electron chi connectivity index (χ0n) is 11.7. The Morgan fingerprint density at radius 2 is 1.81 bits per heavy atom. The van der Waals surface area contributed by atoms with Crippen LogP contribution < -0.4 is 4.74 Å². The van der Waals surface area contributed by atoms with Crippen LogP contribution in [-0.2, 0) is 9.53 Å². The van der Waals surface area contributed by atoms with Gasteiger partial charge < -0.3 is 14.6 Å². The molecule has 0 fully saturated rings. The van der Waals surface area contributed by atoms with Gasteiger partial charge in [0.15, 0.2) is 0 Å². The molecule has 0 aliphatic rings. The van der Waals surface area contributed by atoms with E-state index in [-0.39, 0.29) is 12.4 Å². The summed E-state index contributed by atoms with van der Waals surface area (Å²) in [5.74, 6) is -1.69. The minimum atomic E-state index is -4.77. The van der Waals surface area contributed by atoms with Crippen molar-refractivity contribution in [2.45, 2.75) is 32.7 Å². The van der Waals surface area contributed by atoms with Crippen LogP contribution in [0, 0.1) is 5.92 Å². The highest BCUT2D eigenvalue weighted by atomic mass is 19.4. The second-order valence-electron chi connectivity index (χ2n) is 4.33. The first-order valence-electron chi connectivity index (χ1n) is 6.48. The van der Waals surface area contributed by atoms with Gasteiger partial charge in [0.25, 0.3) is 0 Å². The van der Waals surface area contributed by atoms with E-state index in [2.05, 4.69) is 4.74 Å². The molecule has 0 bridgehead atoms. The number of hydrogen-bond donors (Lipinski definition) is 1. The molecule has 0 aliphatic heterocycles. The number of ether oxygens (including phenoxy) is 2. The second kappa shape index (κ2) is 7.31. The summed E-state index contributed by atoms with van der Waals surface area (Å²) < 4.78 is 44.7. The van der Waals surface area contributed by atoms with Crippen molar-refractivity contribution in [3.63, 3.8) is 0 Å². The number of esters is 1. The Hall–Kier alpha value is -1.76. The maximum Gasteiger partial charge on any atom is 0.573 e. The molecule has 1 aromatic rings. The molecule has 4 nitrogen and oxygen atoms in total. The molecule has 0 heterocycles. The molecular formula is C14H17F3O4. The molecule has 1 aromatic carbocycles. The van der Waals surface area contributed by atoms with Crippen molar-refractivity contribution in [3.05, 3.63) is 29.8 Å². The van der Waals surface area contributed by atoms with Crippen molar-refractivity contribution in [2.24, 2.45) is 5.92 Å². The Morgan fingerprint density at radius 3 is 2.24 bits per heavy atom. The maximum absolute atomic E-state index is 12.0. The van der Waals surface area contributed by atoms with Gasteiger partial charge in [-0.3, -0.25) is 4.79 Å². The van der Waals surface area contributed by atoms with Gasteiger partial charge in [-0.2, -0.15) is 0 Å². The van der Waals surface area contributed by atoms with E-state index in [0.717, 1.165) is 12.1 Å². The van der Waals surface area contributed by atoms with Crippen LogP contribution in [0.25, 0.3) is 0 Å². The van der Waals surface area contributed by atoms with Gasteiger partial charge in [0.1, 0.15) is 5.75 Å². The lowest BCUT2D eigenvalue weighted by atomic mass is 9.93. The smallest absolute Gasteiger partial charge is 0.466 e. The largest absolute Gasteiger partial charge is 0.573 e. The summed E-state index contributed by atoms with van der Waals surface area (Å²) in [6.07, 6.45) is -5.56. The fraction of sp³-hybridized carbons (Fsp3) is 0.500. The van der Waals surface area contributed by atoms with Gasteiger partial charge in [-0.25, -0.2) is 0 Å².